The van der Waals surface area contributed by atoms with Gasteiger partial charge in [0.15, 0.2) is 0 Å². The first-order chi connectivity index (χ1) is 16.3. The molecule has 1 heterocycles. The standard InChI is InChI=1S/C28H27N3O3/c1-18(2)20-12-16-24(17-13-20)31-27(33)25(21-10-14-22(15-11-21)29-19(3)32)26(28(31)34)30(4)23-8-6-5-7-9-23/h5-18H,1-4H3,(H,29,32). The van der Waals surface area contributed by atoms with Crippen molar-refractivity contribution in [1.82, 2.24) is 0 Å². The van der Waals surface area contributed by atoms with Crippen LogP contribution in [0.3, 0.4) is 0 Å². The van der Waals surface area contributed by atoms with Crippen LogP contribution in [0.4, 0.5) is 17.1 Å². The Kier molecular flexibility index (Phi) is 6.32. The van der Waals surface area contributed by atoms with Gasteiger partial charge in [-0.2, -0.15) is 0 Å². The van der Waals surface area contributed by atoms with Gasteiger partial charge in [-0.1, -0.05) is 56.3 Å². The van der Waals surface area contributed by atoms with Crippen LogP contribution in [0.2, 0.25) is 0 Å². The van der Waals surface area contributed by atoms with E-state index in [-0.39, 0.29) is 17.7 Å². The van der Waals surface area contributed by atoms with Crippen molar-refractivity contribution in [3.63, 3.8) is 0 Å². The molecule has 0 bridgehead atoms. The molecule has 0 unspecified atom stereocenters. The molecule has 0 saturated heterocycles. The number of nitrogens with one attached hydrogen (secondary N) is 1. The van der Waals surface area contributed by atoms with Crippen molar-refractivity contribution in [2.24, 2.45) is 0 Å². The Balaban J connectivity index is 1.80. The Morgan fingerprint density at radius 1 is 0.853 bits per heavy atom. The minimum absolute atomic E-state index is 0.181. The summed E-state index contributed by atoms with van der Waals surface area (Å²) in [6.07, 6.45) is 0. The SMILES string of the molecule is CC(=O)Nc1ccc(C2=C(N(C)c3ccccc3)C(=O)N(c3ccc(C(C)C)cc3)C2=O)cc1. The first kappa shape index (κ1) is 23.0. The van der Waals surface area contributed by atoms with E-state index in [9.17, 15) is 14.4 Å². The maximum atomic E-state index is 13.7. The molecule has 34 heavy (non-hydrogen) atoms. The molecular weight excluding hydrogens is 426 g/mol. The first-order valence-electron chi connectivity index (χ1n) is 11.2. The van der Waals surface area contributed by atoms with Crippen LogP contribution < -0.4 is 15.1 Å². The van der Waals surface area contributed by atoms with Gasteiger partial charge in [0.1, 0.15) is 5.70 Å². The van der Waals surface area contributed by atoms with E-state index in [0.29, 0.717) is 34.1 Å². The van der Waals surface area contributed by atoms with E-state index in [1.165, 1.54) is 11.8 Å². The summed E-state index contributed by atoms with van der Waals surface area (Å²) < 4.78 is 0. The number of carbonyl (C=O) groups is 3. The van der Waals surface area contributed by atoms with Crippen molar-refractivity contribution < 1.29 is 14.4 Å². The van der Waals surface area contributed by atoms with E-state index in [1.54, 1.807) is 36.2 Å². The maximum absolute atomic E-state index is 13.7. The fraction of sp³-hybridized carbons (Fsp3) is 0.179. The van der Waals surface area contributed by atoms with Crippen molar-refractivity contribution in [1.29, 1.82) is 0 Å². The molecule has 0 aromatic heterocycles. The molecule has 0 aliphatic carbocycles. The fourth-order valence-corrected chi connectivity index (χ4v) is 4.04. The summed E-state index contributed by atoms with van der Waals surface area (Å²) in [6, 6.07) is 23.9. The number of anilines is 3. The Morgan fingerprint density at radius 2 is 1.47 bits per heavy atom. The second kappa shape index (κ2) is 9.35. The molecule has 3 aromatic carbocycles. The van der Waals surface area contributed by atoms with Crippen LogP contribution >= 0.6 is 0 Å². The molecule has 0 radical (unpaired) electrons. The quantitative estimate of drug-likeness (QED) is 0.522. The van der Waals surface area contributed by atoms with Gasteiger partial charge in [-0.05, 0) is 53.4 Å². The average molecular weight is 454 g/mol. The van der Waals surface area contributed by atoms with Gasteiger partial charge in [0, 0.05) is 25.3 Å². The molecular formula is C28H27N3O3. The largest absolute Gasteiger partial charge is 0.339 e. The molecule has 0 spiro atoms. The van der Waals surface area contributed by atoms with Gasteiger partial charge in [-0.3, -0.25) is 14.4 Å². The van der Waals surface area contributed by atoms with E-state index < -0.39 is 0 Å². The molecule has 172 valence electrons. The molecule has 6 heteroatoms. The molecule has 4 rings (SSSR count). The van der Waals surface area contributed by atoms with Crippen LogP contribution in [0.1, 0.15) is 37.8 Å². The maximum Gasteiger partial charge on any atom is 0.282 e. The highest BCUT2D eigenvalue weighted by Crippen LogP contribution is 2.36. The molecule has 1 aliphatic rings. The Labute approximate surface area is 199 Å². The molecule has 3 amide bonds. The number of rotatable bonds is 6. The third kappa shape index (κ3) is 4.35. The van der Waals surface area contributed by atoms with Gasteiger partial charge in [-0.25, -0.2) is 4.90 Å². The molecule has 6 nitrogen and oxygen atoms in total. The zero-order chi connectivity index (χ0) is 24.4. The van der Waals surface area contributed by atoms with Crippen molar-refractivity contribution >= 4 is 40.4 Å². The number of hydrogen-bond acceptors (Lipinski definition) is 4. The smallest absolute Gasteiger partial charge is 0.282 e. The molecule has 0 saturated carbocycles. The third-order valence-electron chi connectivity index (χ3n) is 5.85. The Morgan fingerprint density at radius 3 is 2.03 bits per heavy atom. The zero-order valence-electron chi connectivity index (χ0n) is 19.7. The molecule has 3 aromatic rings. The van der Waals surface area contributed by atoms with Gasteiger partial charge < -0.3 is 10.2 Å². The number of carbonyl (C=O) groups excluding carboxylic acids is 3. The van der Waals surface area contributed by atoms with Crippen LogP contribution in [-0.2, 0) is 14.4 Å². The predicted octanol–water partition coefficient (Wildman–Crippen LogP) is 5.19. The lowest BCUT2D eigenvalue weighted by molar-refractivity contribution is -0.120. The number of nitrogens with zero attached hydrogens (tertiary/aromatic N) is 2. The number of para-hydroxylation sites is 1. The van der Waals surface area contributed by atoms with Crippen molar-refractivity contribution in [3.05, 3.63) is 95.7 Å². The molecule has 0 atom stereocenters. The first-order valence-corrected chi connectivity index (χ1v) is 11.2. The van der Waals surface area contributed by atoms with E-state index in [0.717, 1.165) is 11.3 Å². The lowest BCUT2D eigenvalue weighted by atomic mass is 10.0. The van der Waals surface area contributed by atoms with E-state index in [1.807, 2.05) is 54.6 Å². The highest BCUT2D eigenvalue weighted by atomic mass is 16.2. The Hall–Kier alpha value is -4.19. The lowest BCUT2D eigenvalue weighted by Gasteiger charge is -2.21. The summed E-state index contributed by atoms with van der Waals surface area (Å²) in [6.45, 7) is 5.63. The van der Waals surface area contributed by atoms with Gasteiger partial charge in [0.25, 0.3) is 11.8 Å². The van der Waals surface area contributed by atoms with Crippen molar-refractivity contribution in [3.8, 4) is 0 Å². The van der Waals surface area contributed by atoms with Crippen molar-refractivity contribution in [2.75, 3.05) is 22.2 Å². The second-order valence-corrected chi connectivity index (χ2v) is 8.57. The second-order valence-electron chi connectivity index (χ2n) is 8.57. The number of benzene rings is 3. The predicted molar refractivity (Wildman–Crippen MR) is 136 cm³/mol. The fourth-order valence-electron chi connectivity index (χ4n) is 4.04. The normalized spacial score (nSPS) is 13.6. The summed E-state index contributed by atoms with van der Waals surface area (Å²) in [5, 5.41) is 2.72. The summed E-state index contributed by atoms with van der Waals surface area (Å²) in [4.78, 5) is 41.8. The van der Waals surface area contributed by atoms with Crippen LogP contribution in [0.5, 0.6) is 0 Å². The van der Waals surface area contributed by atoms with Crippen LogP contribution in [0.15, 0.2) is 84.6 Å². The molecule has 1 N–H and O–H groups in total. The summed E-state index contributed by atoms with van der Waals surface area (Å²) >= 11 is 0. The Bertz CT molecular complexity index is 1260. The lowest BCUT2D eigenvalue weighted by Crippen LogP contribution is -2.34. The van der Waals surface area contributed by atoms with Crippen LogP contribution in [0.25, 0.3) is 5.57 Å². The summed E-state index contributed by atoms with van der Waals surface area (Å²) in [5.74, 6) is -0.601. The van der Waals surface area contributed by atoms with Gasteiger partial charge in [0.2, 0.25) is 5.91 Å². The summed E-state index contributed by atoms with van der Waals surface area (Å²) in [7, 11) is 1.78. The van der Waals surface area contributed by atoms with E-state index in [2.05, 4.69) is 19.2 Å². The van der Waals surface area contributed by atoms with Crippen molar-refractivity contribution in [2.45, 2.75) is 26.7 Å². The topological polar surface area (TPSA) is 69.7 Å². The van der Waals surface area contributed by atoms with Gasteiger partial charge in [-0.15, -0.1) is 0 Å². The monoisotopic (exact) mass is 453 g/mol. The number of hydrogen-bond donors (Lipinski definition) is 1. The van der Waals surface area contributed by atoms with Crippen LogP contribution in [0, 0.1) is 0 Å². The zero-order valence-corrected chi connectivity index (χ0v) is 19.7. The number of likely N-dealkylation sites (N-methyl/N-ethyl adjacent to an activating group) is 1. The minimum atomic E-state index is -0.382. The molecule has 1 aliphatic heterocycles. The third-order valence-corrected chi connectivity index (χ3v) is 5.85. The molecule has 0 fully saturated rings. The number of imide groups is 1. The minimum Gasteiger partial charge on any atom is -0.339 e. The van der Waals surface area contributed by atoms with E-state index in [4.69, 9.17) is 0 Å². The van der Waals surface area contributed by atoms with Gasteiger partial charge >= 0.3 is 0 Å². The highest BCUT2D eigenvalue weighted by molar-refractivity contribution is 6.46. The number of amides is 3. The van der Waals surface area contributed by atoms with Gasteiger partial charge in [0.05, 0.1) is 11.3 Å². The summed E-state index contributed by atoms with van der Waals surface area (Å²) in [5.41, 5.74) is 4.30. The van der Waals surface area contributed by atoms with Crippen LogP contribution in [-0.4, -0.2) is 24.8 Å². The van der Waals surface area contributed by atoms with E-state index >= 15 is 0 Å². The average Bonchev–Trinajstić information content (AvgIpc) is 3.09. The highest BCUT2D eigenvalue weighted by Gasteiger charge is 2.42.